The molecule has 3 amide bonds. The van der Waals surface area contributed by atoms with Crippen LogP contribution in [0.3, 0.4) is 0 Å². The minimum atomic E-state index is -1.16. The lowest BCUT2D eigenvalue weighted by Gasteiger charge is -2.22. The number of fused-ring (bicyclic) bond motifs is 3. The number of anilines is 2. The molecule has 0 aliphatic carbocycles. The summed E-state index contributed by atoms with van der Waals surface area (Å²) < 4.78 is 30.4. The van der Waals surface area contributed by atoms with Crippen molar-refractivity contribution in [3.63, 3.8) is 0 Å². The summed E-state index contributed by atoms with van der Waals surface area (Å²) in [7, 11) is 1.46. The maximum absolute atomic E-state index is 16.0. The lowest BCUT2D eigenvalue weighted by molar-refractivity contribution is -0.106. The minimum absolute atomic E-state index is 0.0588. The molecule has 0 unspecified atom stereocenters. The number of benzene rings is 4. The van der Waals surface area contributed by atoms with Crippen LogP contribution in [0.15, 0.2) is 60.7 Å². The molecule has 0 radical (unpaired) electrons. The minimum Gasteiger partial charge on any atom is -0.386 e. The van der Waals surface area contributed by atoms with Gasteiger partial charge in [-0.05, 0) is 67.8 Å². The largest absolute Gasteiger partial charge is 0.386 e. The molecule has 5 N–H and O–H groups in total. The SMILES string of the molecule is CNc1c(F)cccc1C(=O)N(C=O)c1cccc(-c2c(F)cc(C(N)=O)c3[nH]c4cc(C(C)(C)O)ccc4c23)c1C. The summed E-state index contributed by atoms with van der Waals surface area (Å²) >= 11 is 0. The molecule has 4 aromatic carbocycles. The number of hydrogen-bond donors (Lipinski definition) is 4. The van der Waals surface area contributed by atoms with E-state index in [9.17, 15) is 23.9 Å². The Morgan fingerprint density at radius 3 is 2.38 bits per heavy atom. The van der Waals surface area contributed by atoms with E-state index in [1.54, 1.807) is 51.1 Å². The quantitative estimate of drug-likeness (QED) is 0.185. The summed E-state index contributed by atoms with van der Waals surface area (Å²) in [4.78, 5) is 42.1. The maximum atomic E-state index is 16.0. The molecule has 42 heavy (non-hydrogen) atoms. The van der Waals surface area contributed by atoms with E-state index in [0.29, 0.717) is 44.9 Å². The van der Waals surface area contributed by atoms with E-state index in [-0.39, 0.29) is 28.1 Å². The fourth-order valence-electron chi connectivity index (χ4n) is 5.34. The van der Waals surface area contributed by atoms with Crippen LogP contribution in [-0.2, 0) is 10.4 Å². The van der Waals surface area contributed by atoms with Crippen LogP contribution in [0.25, 0.3) is 32.9 Å². The van der Waals surface area contributed by atoms with Gasteiger partial charge in [0.25, 0.3) is 11.8 Å². The number of nitrogens with one attached hydrogen (secondary N) is 2. The van der Waals surface area contributed by atoms with E-state index in [1.807, 2.05) is 0 Å². The Kier molecular flexibility index (Phi) is 7.03. The van der Waals surface area contributed by atoms with Crippen molar-refractivity contribution in [2.24, 2.45) is 5.73 Å². The summed E-state index contributed by atoms with van der Waals surface area (Å²) in [6, 6.07) is 14.9. The Hall–Kier alpha value is -5.09. The summed E-state index contributed by atoms with van der Waals surface area (Å²) in [5, 5.41) is 14.1. The monoisotopic (exact) mass is 570 g/mol. The van der Waals surface area contributed by atoms with Crippen molar-refractivity contribution in [3.8, 4) is 11.1 Å². The van der Waals surface area contributed by atoms with Gasteiger partial charge < -0.3 is 21.1 Å². The third-order valence-electron chi connectivity index (χ3n) is 7.45. The Morgan fingerprint density at radius 1 is 1.02 bits per heavy atom. The van der Waals surface area contributed by atoms with Gasteiger partial charge in [0.2, 0.25) is 6.41 Å². The Morgan fingerprint density at radius 2 is 1.74 bits per heavy atom. The first-order chi connectivity index (χ1) is 19.9. The summed E-state index contributed by atoms with van der Waals surface area (Å²) in [6.45, 7) is 4.90. The fourth-order valence-corrected chi connectivity index (χ4v) is 5.34. The maximum Gasteiger partial charge on any atom is 0.267 e. The van der Waals surface area contributed by atoms with Crippen molar-refractivity contribution in [3.05, 3.63) is 94.6 Å². The van der Waals surface area contributed by atoms with E-state index in [2.05, 4.69) is 10.3 Å². The molecule has 0 spiro atoms. The first-order valence-corrected chi connectivity index (χ1v) is 13.0. The van der Waals surface area contributed by atoms with Crippen LogP contribution < -0.4 is 16.0 Å². The van der Waals surface area contributed by atoms with Gasteiger partial charge in [0.1, 0.15) is 11.6 Å². The third-order valence-corrected chi connectivity index (χ3v) is 7.45. The number of aliphatic hydroxyl groups is 1. The second-order valence-electron chi connectivity index (χ2n) is 10.5. The van der Waals surface area contributed by atoms with Crippen molar-refractivity contribution in [1.82, 2.24) is 4.98 Å². The lowest BCUT2D eigenvalue weighted by Crippen LogP contribution is -2.31. The Balaban J connectivity index is 1.77. The van der Waals surface area contributed by atoms with Crippen LogP contribution in [-0.4, -0.2) is 35.4 Å². The molecule has 0 aliphatic rings. The highest BCUT2D eigenvalue weighted by Crippen LogP contribution is 2.42. The summed E-state index contributed by atoms with van der Waals surface area (Å²) in [6.07, 6.45) is 0.324. The number of carbonyl (C=O) groups excluding carboxylic acids is 3. The predicted molar refractivity (Wildman–Crippen MR) is 159 cm³/mol. The number of carbonyl (C=O) groups is 3. The number of aromatic nitrogens is 1. The molecule has 5 rings (SSSR count). The molecule has 0 atom stereocenters. The van der Waals surface area contributed by atoms with Crippen molar-refractivity contribution < 1.29 is 28.3 Å². The van der Waals surface area contributed by atoms with E-state index >= 15 is 4.39 Å². The third kappa shape index (κ3) is 4.55. The van der Waals surface area contributed by atoms with E-state index in [1.165, 1.54) is 31.3 Å². The molecule has 0 saturated heterocycles. The molecule has 10 heteroatoms. The van der Waals surface area contributed by atoms with Gasteiger partial charge in [0, 0.05) is 28.9 Å². The average molecular weight is 571 g/mol. The topological polar surface area (TPSA) is 129 Å². The number of rotatable bonds is 7. The van der Waals surface area contributed by atoms with E-state index in [0.717, 1.165) is 11.0 Å². The number of imide groups is 1. The van der Waals surface area contributed by atoms with Crippen LogP contribution in [0.5, 0.6) is 0 Å². The zero-order valence-corrected chi connectivity index (χ0v) is 23.3. The number of nitrogens with zero attached hydrogens (tertiary/aromatic N) is 1. The standard InChI is InChI=1S/C32H28F2N4O4/c1-16-18(7-6-10-25(16)38(15-39)31(41)20-8-5-9-22(33)28(20)36-4)26-23(34)14-21(30(35)40)29-27(26)19-12-11-17(32(2,3)42)13-24(19)37-29/h5-15,36-37,42H,1-4H3,(H2,35,40). The number of nitrogens with two attached hydrogens (primary N) is 1. The van der Waals surface area contributed by atoms with Crippen molar-refractivity contribution in [2.75, 3.05) is 17.3 Å². The zero-order chi connectivity index (χ0) is 30.5. The molecule has 0 aliphatic heterocycles. The van der Waals surface area contributed by atoms with Gasteiger partial charge in [-0.1, -0.05) is 30.3 Å². The van der Waals surface area contributed by atoms with Crippen molar-refractivity contribution in [1.29, 1.82) is 0 Å². The molecule has 1 heterocycles. The molecule has 0 bridgehead atoms. The van der Waals surface area contributed by atoms with Gasteiger partial charge >= 0.3 is 0 Å². The van der Waals surface area contributed by atoms with Gasteiger partial charge in [-0.2, -0.15) is 0 Å². The van der Waals surface area contributed by atoms with E-state index < -0.39 is 29.0 Å². The zero-order valence-electron chi connectivity index (χ0n) is 23.3. The number of hydrogen-bond acceptors (Lipinski definition) is 5. The number of aromatic amines is 1. The van der Waals surface area contributed by atoms with Gasteiger partial charge in [0.15, 0.2) is 0 Å². The molecule has 1 aromatic heterocycles. The van der Waals surface area contributed by atoms with Crippen LogP contribution >= 0.6 is 0 Å². The van der Waals surface area contributed by atoms with Crippen molar-refractivity contribution in [2.45, 2.75) is 26.4 Å². The van der Waals surface area contributed by atoms with Crippen LogP contribution in [0.4, 0.5) is 20.2 Å². The molecular formula is C32H28F2N4O4. The smallest absolute Gasteiger partial charge is 0.267 e. The van der Waals surface area contributed by atoms with Crippen LogP contribution in [0.1, 0.15) is 45.7 Å². The molecule has 8 nitrogen and oxygen atoms in total. The summed E-state index contributed by atoms with van der Waals surface area (Å²) in [5.41, 5.74) is 6.73. The van der Waals surface area contributed by atoms with Gasteiger partial charge in [-0.3, -0.25) is 14.4 Å². The number of para-hydroxylation sites is 1. The van der Waals surface area contributed by atoms with Gasteiger partial charge in [-0.15, -0.1) is 0 Å². The van der Waals surface area contributed by atoms with Crippen LogP contribution in [0.2, 0.25) is 0 Å². The number of amides is 3. The molecular weight excluding hydrogens is 542 g/mol. The number of primary amides is 1. The van der Waals surface area contributed by atoms with Gasteiger partial charge in [-0.25, -0.2) is 13.7 Å². The Bertz CT molecular complexity index is 1920. The summed E-state index contributed by atoms with van der Waals surface area (Å²) in [5.74, 6) is -3.02. The second-order valence-corrected chi connectivity index (χ2v) is 10.5. The first kappa shape index (κ1) is 28.4. The molecule has 5 aromatic rings. The molecule has 0 saturated carbocycles. The Labute approximate surface area is 239 Å². The average Bonchev–Trinajstić information content (AvgIpc) is 3.32. The van der Waals surface area contributed by atoms with Crippen molar-refractivity contribution >= 4 is 51.4 Å². The predicted octanol–water partition coefficient (Wildman–Crippen LogP) is 5.75. The highest BCUT2D eigenvalue weighted by atomic mass is 19.1. The highest BCUT2D eigenvalue weighted by Gasteiger charge is 2.27. The first-order valence-electron chi connectivity index (χ1n) is 13.0. The van der Waals surface area contributed by atoms with Crippen LogP contribution in [0, 0.1) is 18.6 Å². The van der Waals surface area contributed by atoms with E-state index in [4.69, 9.17) is 5.73 Å². The second kappa shape index (κ2) is 10.4. The fraction of sp³-hybridized carbons (Fsp3) is 0.156. The normalized spacial score (nSPS) is 11.6. The molecule has 214 valence electrons. The highest BCUT2D eigenvalue weighted by molar-refractivity contribution is 6.21. The lowest BCUT2D eigenvalue weighted by atomic mass is 9.91. The number of halogens is 2. The van der Waals surface area contributed by atoms with Gasteiger partial charge in [0.05, 0.1) is 33.6 Å². The number of H-pyrrole nitrogens is 1. The molecule has 0 fully saturated rings.